The number of piperazine rings is 1. The van der Waals surface area contributed by atoms with Crippen LogP contribution in [0.15, 0.2) is 58.6 Å². The summed E-state index contributed by atoms with van der Waals surface area (Å²) in [7, 11) is -3.75. The molecule has 0 bridgehead atoms. The molecule has 1 amide bonds. The van der Waals surface area contributed by atoms with Crippen molar-refractivity contribution < 1.29 is 13.2 Å². The van der Waals surface area contributed by atoms with Gasteiger partial charge in [0.25, 0.3) is 0 Å². The number of nitriles is 1. The number of hydrogen-bond donors (Lipinski definition) is 0. The van der Waals surface area contributed by atoms with E-state index < -0.39 is 10.0 Å². The molecule has 9 heteroatoms. The number of aromatic nitrogens is 1. The summed E-state index contributed by atoms with van der Waals surface area (Å²) in [4.78, 5) is 18.2. The molecule has 1 fully saturated rings. The number of thioether (sulfide) groups is 1. The summed E-state index contributed by atoms with van der Waals surface area (Å²) in [6.45, 7) is 1.08. The molecule has 2 heterocycles. The first kappa shape index (κ1) is 19.4. The largest absolute Gasteiger partial charge is 0.339 e. The maximum Gasteiger partial charge on any atom is 0.244 e. The van der Waals surface area contributed by atoms with Crippen LogP contribution < -0.4 is 0 Å². The molecule has 1 aliphatic heterocycles. The second kappa shape index (κ2) is 8.52. The number of carbonyl (C=O) groups is 1. The summed E-state index contributed by atoms with van der Waals surface area (Å²) < 4.78 is 27.0. The predicted octanol–water partition coefficient (Wildman–Crippen LogP) is 1.58. The summed E-state index contributed by atoms with van der Waals surface area (Å²) in [5, 5.41) is 9.93. The first-order valence-electron chi connectivity index (χ1n) is 8.33. The average molecular weight is 403 g/mol. The maximum atomic E-state index is 12.8. The lowest BCUT2D eigenvalue weighted by Gasteiger charge is -2.34. The van der Waals surface area contributed by atoms with Crippen molar-refractivity contribution in [2.24, 2.45) is 0 Å². The van der Waals surface area contributed by atoms with Gasteiger partial charge in [0.15, 0.2) is 0 Å². The number of nitrogens with zero attached hydrogens (tertiary/aromatic N) is 4. The van der Waals surface area contributed by atoms with E-state index in [-0.39, 0.29) is 35.2 Å². The van der Waals surface area contributed by atoms with Gasteiger partial charge in [-0.05, 0) is 24.3 Å². The molecule has 0 spiro atoms. The highest BCUT2D eigenvalue weighted by Gasteiger charge is 2.31. The summed E-state index contributed by atoms with van der Waals surface area (Å²) in [5.41, 5.74) is 0.128. The summed E-state index contributed by atoms with van der Waals surface area (Å²) in [6.07, 6.45) is 1.68. The molecule has 0 saturated carbocycles. The molecule has 140 valence electrons. The minimum Gasteiger partial charge on any atom is -0.339 e. The second-order valence-corrected chi connectivity index (χ2v) is 8.75. The van der Waals surface area contributed by atoms with E-state index in [2.05, 4.69) is 4.98 Å². The highest BCUT2D eigenvalue weighted by molar-refractivity contribution is 7.99. The second-order valence-electron chi connectivity index (χ2n) is 5.85. The van der Waals surface area contributed by atoms with Crippen molar-refractivity contribution >= 4 is 27.7 Å². The molecule has 1 aromatic carbocycles. The quantitative estimate of drug-likeness (QED) is 0.705. The highest BCUT2D eigenvalue weighted by atomic mass is 32.2. The van der Waals surface area contributed by atoms with Crippen LogP contribution in [0.1, 0.15) is 5.56 Å². The van der Waals surface area contributed by atoms with Gasteiger partial charge in [-0.3, -0.25) is 4.79 Å². The summed E-state index contributed by atoms with van der Waals surface area (Å²) in [6, 6.07) is 13.6. The maximum absolute atomic E-state index is 12.8. The van der Waals surface area contributed by atoms with Crippen LogP contribution in [0.4, 0.5) is 0 Å². The zero-order chi connectivity index (χ0) is 19.3. The lowest BCUT2D eigenvalue weighted by Crippen LogP contribution is -2.51. The van der Waals surface area contributed by atoms with Crippen molar-refractivity contribution in [2.75, 3.05) is 31.9 Å². The topological polar surface area (TPSA) is 94.4 Å². The van der Waals surface area contributed by atoms with Crippen molar-refractivity contribution in [3.05, 3.63) is 54.2 Å². The van der Waals surface area contributed by atoms with Crippen molar-refractivity contribution in [3.8, 4) is 6.07 Å². The fourth-order valence-electron chi connectivity index (χ4n) is 2.76. The Morgan fingerprint density at radius 2 is 1.81 bits per heavy atom. The van der Waals surface area contributed by atoms with Gasteiger partial charge < -0.3 is 4.90 Å². The Morgan fingerprint density at radius 1 is 1.11 bits per heavy atom. The number of hydrogen-bond acceptors (Lipinski definition) is 6. The van der Waals surface area contributed by atoms with Gasteiger partial charge in [-0.1, -0.05) is 30.0 Å². The van der Waals surface area contributed by atoms with E-state index in [0.29, 0.717) is 13.1 Å². The van der Waals surface area contributed by atoms with Gasteiger partial charge >= 0.3 is 0 Å². The number of pyridine rings is 1. The molecule has 1 aromatic heterocycles. The normalized spacial score (nSPS) is 15.3. The molecule has 27 heavy (non-hydrogen) atoms. The van der Waals surface area contributed by atoms with Gasteiger partial charge in [0.1, 0.15) is 6.07 Å². The number of rotatable bonds is 5. The van der Waals surface area contributed by atoms with Crippen LogP contribution in [0.25, 0.3) is 0 Å². The van der Waals surface area contributed by atoms with Crippen LogP contribution in [0.3, 0.4) is 0 Å². The predicted molar refractivity (Wildman–Crippen MR) is 101 cm³/mol. The molecule has 0 aliphatic carbocycles. The monoisotopic (exact) mass is 402 g/mol. The van der Waals surface area contributed by atoms with Crippen LogP contribution >= 0.6 is 11.8 Å². The molecular formula is C18H18N4O3S2. The van der Waals surface area contributed by atoms with E-state index in [9.17, 15) is 13.2 Å². The molecule has 1 aliphatic rings. The standard InChI is InChI=1S/C18H18N4O3S2/c19-13-15-5-1-2-6-16(15)27(24,25)22-11-9-21(10-12-22)18(23)14-26-17-7-3-4-8-20-17/h1-8H,9-12,14H2. The van der Waals surface area contributed by atoms with Gasteiger partial charge in [-0.2, -0.15) is 9.57 Å². The Bertz CT molecular complexity index is 950. The van der Waals surface area contributed by atoms with Crippen molar-refractivity contribution in [3.63, 3.8) is 0 Å². The van der Waals surface area contributed by atoms with Crippen molar-refractivity contribution in [1.82, 2.24) is 14.2 Å². The van der Waals surface area contributed by atoms with E-state index in [1.54, 1.807) is 23.2 Å². The van der Waals surface area contributed by atoms with Gasteiger partial charge in [0.2, 0.25) is 15.9 Å². The lowest BCUT2D eigenvalue weighted by atomic mass is 10.2. The molecule has 3 rings (SSSR count). The molecule has 2 aromatic rings. The van der Waals surface area contributed by atoms with Gasteiger partial charge in [0, 0.05) is 32.4 Å². The highest BCUT2D eigenvalue weighted by Crippen LogP contribution is 2.21. The molecular weight excluding hydrogens is 384 g/mol. The third kappa shape index (κ3) is 4.47. The fourth-order valence-corrected chi connectivity index (χ4v) is 5.09. The van der Waals surface area contributed by atoms with Crippen LogP contribution in [-0.2, 0) is 14.8 Å². The van der Waals surface area contributed by atoms with E-state index in [1.165, 1.54) is 28.2 Å². The van der Waals surface area contributed by atoms with Gasteiger partial charge in [-0.15, -0.1) is 0 Å². The molecule has 0 unspecified atom stereocenters. The number of amides is 1. The van der Waals surface area contributed by atoms with Crippen LogP contribution in [0, 0.1) is 11.3 Å². The molecule has 1 saturated heterocycles. The summed E-state index contributed by atoms with van der Waals surface area (Å²) >= 11 is 1.36. The van der Waals surface area contributed by atoms with Crippen LogP contribution in [-0.4, -0.2) is 60.4 Å². The lowest BCUT2D eigenvalue weighted by molar-refractivity contribution is -0.129. The number of benzene rings is 1. The third-order valence-corrected chi connectivity index (χ3v) is 7.08. The first-order chi connectivity index (χ1) is 13.0. The Kier molecular flexibility index (Phi) is 6.11. The Labute approximate surface area is 162 Å². The SMILES string of the molecule is N#Cc1ccccc1S(=O)(=O)N1CCN(C(=O)CSc2ccccn2)CC1. The third-order valence-electron chi connectivity index (χ3n) is 4.20. The van der Waals surface area contributed by atoms with Gasteiger partial charge in [-0.25, -0.2) is 13.4 Å². The zero-order valence-electron chi connectivity index (χ0n) is 14.5. The van der Waals surface area contributed by atoms with Crippen molar-refractivity contribution in [2.45, 2.75) is 9.92 Å². The Morgan fingerprint density at radius 3 is 2.48 bits per heavy atom. The van der Waals surface area contributed by atoms with Crippen molar-refractivity contribution in [1.29, 1.82) is 5.26 Å². The molecule has 0 N–H and O–H groups in total. The molecule has 7 nitrogen and oxygen atoms in total. The summed E-state index contributed by atoms with van der Waals surface area (Å²) in [5.74, 6) is 0.223. The van der Waals surface area contributed by atoms with E-state index in [1.807, 2.05) is 24.3 Å². The molecule has 0 radical (unpaired) electrons. The minimum atomic E-state index is -3.75. The number of carbonyl (C=O) groups excluding carboxylic acids is 1. The number of sulfonamides is 1. The Hall–Kier alpha value is -2.41. The fraction of sp³-hybridized carbons (Fsp3) is 0.278. The van der Waals surface area contributed by atoms with Crippen LogP contribution in [0.5, 0.6) is 0 Å². The molecule has 0 atom stereocenters. The minimum absolute atomic E-state index is 0.0120. The van der Waals surface area contributed by atoms with E-state index in [4.69, 9.17) is 5.26 Å². The van der Waals surface area contributed by atoms with Gasteiger partial charge in [0.05, 0.1) is 21.2 Å². The average Bonchev–Trinajstić information content (AvgIpc) is 2.72. The zero-order valence-corrected chi connectivity index (χ0v) is 16.1. The smallest absolute Gasteiger partial charge is 0.244 e. The Balaban J connectivity index is 1.60. The first-order valence-corrected chi connectivity index (χ1v) is 10.8. The van der Waals surface area contributed by atoms with E-state index in [0.717, 1.165) is 5.03 Å². The van der Waals surface area contributed by atoms with Crippen LogP contribution in [0.2, 0.25) is 0 Å². The van der Waals surface area contributed by atoms with E-state index >= 15 is 0 Å².